The van der Waals surface area contributed by atoms with Crippen molar-refractivity contribution < 1.29 is 4.79 Å². The third kappa shape index (κ3) is 2.80. The van der Waals surface area contributed by atoms with Gasteiger partial charge in [-0.1, -0.05) is 24.3 Å². The smallest absolute Gasteiger partial charge is 0.244 e. The van der Waals surface area contributed by atoms with Crippen molar-refractivity contribution in [2.24, 2.45) is 0 Å². The van der Waals surface area contributed by atoms with Gasteiger partial charge in [0.25, 0.3) is 0 Å². The molecule has 3 N–H and O–H groups in total. The van der Waals surface area contributed by atoms with E-state index in [0.29, 0.717) is 0 Å². The Labute approximate surface area is 107 Å². The average Bonchev–Trinajstić information content (AvgIpc) is 2.72. The van der Waals surface area contributed by atoms with E-state index >= 15 is 0 Å². The number of amides is 1. The first-order chi connectivity index (χ1) is 8.70. The predicted octanol–water partition coefficient (Wildman–Crippen LogP) is 2.50. The van der Waals surface area contributed by atoms with Crippen molar-refractivity contribution in [1.82, 2.24) is 5.32 Å². The molecular weight excluding hydrogens is 224 g/mol. The van der Waals surface area contributed by atoms with Gasteiger partial charge >= 0.3 is 0 Å². The number of hydrogen-bond donors (Lipinski definition) is 2. The SMILES string of the molecule is CC=CC=CC(=O)NC1CCc2cc(N)ccc21. The van der Waals surface area contributed by atoms with Gasteiger partial charge in [-0.05, 0) is 43.0 Å². The molecule has 0 fully saturated rings. The highest BCUT2D eigenvalue weighted by molar-refractivity contribution is 5.88. The third-order valence-corrected chi connectivity index (χ3v) is 3.11. The van der Waals surface area contributed by atoms with Crippen LogP contribution in [0.2, 0.25) is 0 Å². The first-order valence-electron chi connectivity index (χ1n) is 6.19. The predicted molar refractivity (Wildman–Crippen MR) is 74.0 cm³/mol. The van der Waals surface area contributed by atoms with E-state index in [1.807, 2.05) is 37.3 Å². The molecule has 18 heavy (non-hydrogen) atoms. The summed E-state index contributed by atoms with van der Waals surface area (Å²) in [6.45, 7) is 1.92. The third-order valence-electron chi connectivity index (χ3n) is 3.11. The molecule has 3 heteroatoms. The van der Waals surface area contributed by atoms with E-state index in [2.05, 4.69) is 5.32 Å². The van der Waals surface area contributed by atoms with Gasteiger partial charge in [0.15, 0.2) is 0 Å². The molecule has 1 aromatic carbocycles. The highest BCUT2D eigenvalue weighted by Gasteiger charge is 2.23. The average molecular weight is 242 g/mol. The van der Waals surface area contributed by atoms with Crippen molar-refractivity contribution in [3.05, 3.63) is 53.6 Å². The minimum atomic E-state index is -0.0530. The molecule has 1 aliphatic carbocycles. The summed E-state index contributed by atoms with van der Waals surface area (Å²) in [4.78, 5) is 11.7. The Morgan fingerprint density at radius 2 is 2.28 bits per heavy atom. The lowest BCUT2D eigenvalue weighted by atomic mass is 10.1. The van der Waals surface area contributed by atoms with Gasteiger partial charge in [0.2, 0.25) is 5.91 Å². The van der Waals surface area contributed by atoms with Crippen molar-refractivity contribution in [1.29, 1.82) is 0 Å². The Morgan fingerprint density at radius 1 is 1.44 bits per heavy atom. The van der Waals surface area contributed by atoms with Gasteiger partial charge in [-0.25, -0.2) is 0 Å². The van der Waals surface area contributed by atoms with Gasteiger partial charge in [0.05, 0.1) is 6.04 Å². The summed E-state index contributed by atoms with van der Waals surface area (Å²) >= 11 is 0. The van der Waals surface area contributed by atoms with Crippen molar-refractivity contribution in [2.75, 3.05) is 5.73 Å². The number of allylic oxidation sites excluding steroid dienone is 3. The van der Waals surface area contributed by atoms with Gasteiger partial charge in [-0.3, -0.25) is 4.79 Å². The second-order valence-corrected chi connectivity index (χ2v) is 4.44. The van der Waals surface area contributed by atoms with Crippen LogP contribution in [-0.4, -0.2) is 5.91 Å². The van der Waals surface area contributed by atoms with Gasteiger partial charge < -0.3 is 11.1 Å². The molecule has 1 unspecified atom stereocenters. The molecule has 1 atom stereocenters. The molecular formula is C15H18N2O. The van der Waals surface area contributed by atoms with Crippen LogP contribution in [0.1, 0.15) is 30.5 Å². The lowest BCUT2D eigenvalue weighted by molar-refractivity contribution is -0.117. The molecule has 0 saturated carbocycles. The number of aryl methyl sites for hydroxylation is 1. The lowest BCUT2D eigenvalue weighted by Gasteiger charge is -2.12. The van der Waals surface area contributed by atoms with E-state index in [-0.39, 0.29) is 11.9 Å². The molecule has 0 aliphatic heterocycles. The summed E-state index contributed by atoms with van der Waals surface area (Å²) in [5, 5.41) is 3.01. The number of fused-ring (bicyclic) bond motifs is 1. The van der Waals surface area contributed by atoms with Crippen LogP contribution in [0.4, 0.5) is 5.69 Å². The Kier molecular flexibility index (Phi) is 3.82. The van der Waals surface area contributed by atoms with Crippen LogP contribution in [-0.2, 0) is 11.2 Å². The molecule has 94 valence electrons. The van der Waals surface area contributed by atoms with Gasteiger partial charge in [0.1, 0.15) is 0 Å². The van der Waals surface area contributed by atoms with E-state index in [9.17, 15) is 4.79 Å². The minimum Gasteiger partial charge on any atom is -0.399 e. The number of nitrogens with two attached hydrogens (primary N) is 1. The lowest BCUT2D eigenvalue weighted by Crippen LogP contribution is -2.25. The molecule has 2 rings (SSSR count). The quantitative estimate of drug-likeness (QED) is 0.486. The van der Waals surface area contributed by atoms with Crippen LogP contribution < -0.4 is 11.1 Å². The molecule has 0 aromatic heterocycles. The zero-order chi connectivity index (χ0) is 13.0. The highest BCUT2D eigenvalue weighted by Crippen LogP contribution is 2.32. The molecule has 1 amide bonds. The fourth-order valence-corrected chi connectivity index (χ4v) is 2.26. The van der Waals surface area contributed by atoms with E-state index < -0.39 is 0 Å². The number of benzene rings is 1. The van der Waals surface area contributed by atoms with Crippen LogP contribution in [0, 0.1) is 0 Å². The van der Waals surface area contributed by atoms with Crippen LogP contribution in [0.15, 0.2) is 42.5 Å². The van der Waals surface area contributed by atoms with E-state index in [1.165, 1.54) is 11.1 Å². The molecule has 1 aromatic rings. The second kappa shape index (κ2) is 5.54. The number of carbonyl (C=O) groups excluding carboxylic acids is 1. The molecule has 0 saturated heterocycles. The van der Waals surface area contributed by atoms with Crippen molar-refractivity contribution in [3.8, 4) is 0 Å². The number of nitrogens with one attached hydrogen (secondary N) is 1. The summed E-state index contributed by atoms with van der Waals surface area (Å²) in [6.07, 6.45) is 8.94. The number of nitrogen functional groups attached to an aromatic ring is 1. The Morgan fingerprint density at radius 3 is 3.06 bits per heavy atom. The van der Waals surface area contributed by atoms with Crippen LogP contribution in [0.3, 0.4) is 0 Å². The second-order valence-electron chi connectivity index (χ2n) is 4.44. The number of hydrogen-bond acceptors (Lipinski definition) is 2. The van der Waals surface area contributed by atoms with Crippen molar-refractivity contribution in [2.45, 2.75) is 25.8 Å². The van der Waals surface area contributed by atoms with Gasteiger partial charge in [0, 0.05) is 11.8 Å². The van der Waals surface area contributed by atoms with E-state index in [4.69, 9.17) is 5.73 Å². The molecule has 0 spiro atoms. The molecule has 0 heterocycles. The first-order valence-corrected chi connectivity index (χ1v) is 6.19. The summed E-state index contributed by atoms with van der Waals surface area (Å²) in [5.74, 6) is -0.0530. The summed E-state index contributed by atoms with van der Waals surface area (Å²) in [6, 6.07) is 6.01. The monoisotopic (exact) mass is 242 g/mol. The Balaban J connectivity index is 2.03. The minimum absolute atomic E-state index is 0.0530. The molecule has 1 aliphatic rings. The van der Waals surface area contributed by atoms with E-state index in [1.54, 1.807) is 12.2 Å². The zero-order valence-corrected chi connectivity index (χ0v) is 10.5. The zero-order valence-electron chi connectivity index (χ0n) is 10.5. The van der Waals surface area contributed by atoms with Crippen LogP contribution in [0.25, 0.3) is 0 Å². The molecule has 0 radical (unpaired) electrons. The number of carbonyl (C=O) groups is 1. The summed E-state index contributed by atoms with van der Waals surface area (Å²) < 4.78 is 0. The largest absolute Gasteiger partial charge is 0.399 e. The van der Waals surface area contributed by atoms with Crippen molar-refractivity contribution in [3.63, 3.8) is 0 Å². The number of rotatable bonds is 3. The first kappa shape index (κ1) is 12.4. The summed E-state index contributed by atoms with van der Waals surface area (Å²) in [7, 11) is 0. The fraction of sp³-hybridized carbons (Fsp3) is 0.267. The topological polar surface area (TPSA) is 55.1 Å². The highest BCUT2D eigenvalue weighted by atomic mass is 16.1. The van der Waals surface area contributed by atoms with Crippen LogP contribution in [0.5, 0.6) is 0 Å². The van der Waals surface area contributed by atoms with Gasteiger partial charge in [-0.15, -0.1) is 0 Å². The maximum Gasteiger partial charge on any atom is 0.244 e. The maximum absolute atomic E-state index is 11.7. The Hall–Kier alpha value is -2.03. The normalized spacial score (nSPS) is 18.4. The molecule has 3 nitrogen and oxygen atoms in total. The molecule has 0 bridgehead atoms. The number of anilines is 1. The van der Waals surface area contributed by atoms with Crippen LogP contribution >= 0.6 is 0 Å². The maximum atomic E-state index is 11.7. The van der Waals surface area contributed by atoms with Gasteiger partial charge in [-0.2, -0.15) is 0 Å². The van der Waals surface area contributed by atoms with Crippen molar-refractivity contribution >= 4 is 11.6 Å². The Bertz CT molecular complexity index is 503. The summed E-state index contributed by atoms with van der Waals surface area (Å²) in [5.41, 5.74) is 8.98. The standard InChI is InChI=1S/C15H18N2O/c1-2-3-4-5-15(18)17-14-9-6-11-10-12(16)7-8-13(11)14/h2-5,7-8,10,14H,6,9,16H2,1H3,(H,17,18). The fourth-order valence-electron chi connectivity index (χ4n) is 2.26. The van der Waals surface area contributed by atoms with E-state index in [0.717, 1.165) is 18.5 Å².